The van der Waals surface area contributed by atoms with Crippen molar-refractivity contribution in [1.29, 1.82) is 0 Å². The summed E-state index contributed by atoms with van der Waals surface area (Å²) < 4.78 is 18.3. The first-order valence-electron chi connectivity index (χ1n) is 6.93. The quantitative estimate of drug-likeness (QED) is 0.937. The third-order valence-electron chi connectivity index (χ3n) is 3.89. The molecule has 1 heterocycles. The molecule has 0 aliphatic heterocycles. The van der Waals surface area contributed by atoms with E-state index < -0.39 is 11.9 Å². The minimum absolute atomic E-state index is 0.212. The predicted octanol–water partition coefficient (Wildman–Crippen LogP) is 2.77. The number of carbonyl (C=O) groups is 1. The summed E-state index contributed by atoms with van der Waals surface area (Å²) in [5, 5.41) is 13.1. The van der Waals surface area contributed by atoms with E-state index >= 15 is 0 Å². The molecule has 0 spiro atoms. The van der Waals surface area contributed by atoms with E-state index in [1.165, 1.54) is 12.1 Å². The van der Waals surface area contributed by atoms with Crippen molar-refractivity contribution in [3.63, 3.8) is 0 Å². The number of carboxylic acid groups (broad SMARTS) is 1. The van der Waals surface area contributed by atoms with Gasteiger partial charge in [0.2, 0.25) is 5.89 Å². The summed E-state index contributed by atoms with van der Waals surface area (Å²) in [4.78, 5) is 15.5. The van der Waals surface area contributed by atoms with Gasteiger partial charge in [-0.25, -0.2) is 4.39 Å². The Bertz CT molecular complexity index is 656. The van der Waals surface area contributed by atoms with Gasteiger partial charge in [0.05, 0.1) is 11.8 Å². The van der Waals surface area contributed by atoms with Gasteiger partial charge in [0.1, 0.15) is 5.82 Å². The molecule has 2 atom stereocenters. The summed E-state index contributed by atoms with van der Waals surface area (Å²) in [6, 6.07) is 6.21. The molecule has 1 aromatic carbocycles. The van der Waals surface area contributed by atoms with E-state index in [4.69, 9.17) is 4.52 Å². The highest BCUT2D eigenvalue weighted by Crippen LogP contribution is 2.39. The first-order chi connectivity index (χ1) is 10.1. The molecule has 1 aromatic heterocycles. The Labute approximate surface area is 120 Å². The molecule has 2 unspecified atom stereocenters. The Morgan fingerprint density at radius 2 is 2.29 bits per heavy atom. The maximum absolute atomic E-state index is 13.1. The standard InChI is InChI=1S/C15H15FN2O3/c16-10-4-1-3-9(7-10)8-13-17-14(21-18-13)11-5-2-6-12(11)15(19)20/h1,3-4,7,11-12H,2,5-6,8H2,(H,19,20). The molecule has 0 radical (unpaired) electrons. The number of carboxylic acids is 1. The molecule has 5 nitrogen and oxygen atoms in total. The molecule has 1 aliphatic rings. The van der Waals surface area contributed by atoms with Crippen molar-refractivity contribution in [2.45, 2.75) is 31.6 Å². The first kappa shape index (κ1) is 13.7. The van der Waals surface area contributed by atoms with Gasteiger partial charge >= 0.3 is 5.97 Å². The van der Waals surface area contributed by atoms with E-state index in [0.29, 0.717) is 24.6 Å². The largest absolute Gasteiger partial charge is 0.481 e. The second-order valence-electron chi connectivity index (χ2n) is 5.34. The zero-order valence-electron chi connectivity index (χ0n) is 11.3. The van der Waals surface area contributed by atoms with Crippen LogP contribution in [0.1, 0.15) is 42.5 Å². The molecule has 1 aliphatic carbocycles. The molecule has 6 heteroatoms. The monoisotopic (exact) mass is 290 g/mol. The van der Waals surface area contributed by atoms with Crippen LogP contribution in [-0.4, -0.2) is 21.2 Å². The van der Waals surface area contributed by atoms with E-state index in [-0.39, 0.29) is 11.7 Å². The highest BCUT2D eigenvalue weighted by Gasteiger charge is 2.37. The summed E-state index contributed by atoms with van der Waals surface area (Å²) in [7, 11) is 0. The molecule has 3 rings (SSSR count). The van der Waals surface area contributed by atoms with Crippen molar-refractivity contribution < 1.29 is 18.8 Å². The van der Waals surface area contributed by atoms with Crippen LogP contribution in [0.2, 0.25) is 0 Å². The molecule has 1 N–H and O–H groups in total. The van der Waals surface area contributed by atoms with Gasteiger partial charge in [-0.05, 0) is 30.5 Å². The fourth-order valence-corrected chi connectivity index (χ4v) is 2.87. The second kappa shape index (κ2) is 5.63. The first-order valence-corrected chi connectivity index (χ1v) is 6.93. The van der Waals surface area contributed by atoms with Crippen LogP contribution in [0.3, 0.4) is 0 Å². The number of hydrogen-bond donors (Lipinski definition) is 1. The number of aliphatic carboxylic acids is 1. The smallest absolute Gasteiger partial charge is 0.307 e. The van der Waals surface area contributed by atoms with Gasteiger partial charge in [-0.1, -0.05) is 23.7 Å². The zero-order valence-corrected chi connectivity index (χ0v) is 11.3. The molecule has 0 bridgehead atoms. The number of benzene rings is 1. The number of halogens is 1. The van der Waals surface area contributed by atoms with Gasteiger partial charge < -0.3 is 9.63 Å². The summed E-state index contributed by atoms with van der Waals surface area (Å²) in [5.41, 5.74) is 0.753. The van der Waals surface area contributed by atoms with Crippen LogP contribution in [0.15, 0.2) is 28.8 Å². The normalized spacial score (nSPS) is 21.6. The van der Waals surface area contributed by atoms with Crippen LogP contribution < -0.4 is 0 Å². The lowest BCUT2D eigenvalue weighted by atomic mass is 9.96. The topological polar surface area (TPSA) is 76.2 Å². The van der Waals surface area contributed by atoms with Gasteiger partial charge in [0.25, 0.3) is 0 Å². The van der Waals surface area contributed by atoms with Crippen molar-refractivity contribution in [2.75, 3.05) is 0 Å². The van der Waals surface area contributed by atoms with Crippen LogP contribution >= 0.6 is 0 Å². The average Bonchev–Trinajstić information content (AvgIpc) is 3.06. The van der Waals surface area contributed by atoms with Crippen LogP contribution in [-0.2, 0) is 11.2 Å². The van der Waals surface area contributed by atoms with Crippen LogP contribution in [0.4, 0.5) is 4.39 Å². The summed E-state index contributed by atoms with van der Waals surface area (Å²) in [6.45, 7) is 0. The maximum Gasteiger partial charge on any atom is 0.307 e. The predicted molar refractivity (Wildman–Crippen MR) is 71.2 cm³/mol. The molecule has 110 valence electrons. The van der Waals surface area contributed by atoms with Crippen LogP contribution in [0, 0.1) is 11.7 Å². The summed E-state index contributed by atoms with van der Waals surface area (Å²) in [6.07, 6.45) is 2.61. The second-order valence-corrected chi connectivity index (χ2v) is 5.34. The van der Waals surface area contributed by atoms with Crippen molar-refractivity contribution in [3.8, 4) is 0 Å². The van der Waals surface area contributed by atoms with Gasteiger partial charge in [-0.2, -0.15) is 4.98 Å². The molecular weight excluding hydrogens is 275 g/mol. The highest BCUT2D eigenvalue weighted by atomic mass is 19.1. The van der Waals surface area contributed by atoms with Crippen LogP contribution in [0.5, 0.6) is 0 Å². The fraction of sp³-hybridized carbons (Fsp3) is 0.400. The van der Waals surface area contributed by atoms with Crippen molar-refractivity contribution in [2.24, 2.45) is 5.92 Å². The van der Waals surface area contributed by atoms with Crippen molar-refractivity contribution >= 4 is 5.97 Å². The lowest BCUT2D eigenvalue weighted by molar-refractivity contribution is -0.142. The zero-order chi connectivity index (χ0) is 14.8. The van der Waals surface area contributed by atoms with Gasteiger partial charge in [0.15, 0.2) is 5.82 Å². The van der Waals surface area contributed by atoms with E-state index in [1.807, 2.05) is 0 Å². The lowest BCUT2D eigenvalue weighted by Crippen LogP contribution is -2.17. The van der Waals surface area contributed by atoms with Crippen LogP contribution in [0.25, 0.3) is 0 Å². The number of nitrogens with zero attached hydrogens (tertiary/aromatic N) is 2. The molecule has 1 fully saturated rings. The number of rotatable bonds is 4. The van der Waals surface area contributed by atoms with Crippen molar-refractivity contribution in [1.82, 2.24) is 10.1 Å². The Morgan fingerprint density at radius 3 is 3.05 bits per heavy atom. The van der Waals surface area contributed by atoms with Gasteiger partial charge in [-0.15, -0.1) is 0 Å². The Hall–Kier alpha value is -2.24. The van der Waals surface area contributed by atoms with E-state index in [1.54, 1.807) is 12.1 Å². The Morgan fingerprint density at radius 1 is 1.43 bits per heavy atom. The summed E-state index contributed by atoms with van der Waals surface area (Å²) >= 11 is 0. The van der Waals surface area contributed by atoms with Gasteiger partial charge in [0, 0.05) is 6.42 Å². The maximum atomic E-state index is 13.1. The van der Waals surface area contributed by atoms with Crippen molar-refractivity contribution in [3.05, 3.63) is 47.4 Å². The van der Waals surface area contributed by atoms with E-state index in [0.717, 1.165) is 18.4 Å². The Balaban J connectivity index is 1.76. The molecule has 0 amide bonds. The minimum Gasteiger partial charge on any atom is -0.481 e. The third-order valence-corrected chi connectivity index (χ3v) is 3.89. The lowest BCUT2D eigenvalue weighted by Gasteiger charge is -2.10. The molecular formula is C15H15FN2O3. The Kier molecular flexibility index (Phi) is 3.68. The molecule has 2 aromatic rings. The van der Waals surface area contributed by atoms with E-state index in [2.05, 4.69) is 10.1 Å². The van der Waals surface area contributed by atoms with Gasteiger partial charge in [-0.3, -0.25) is 4.79 Å². The summed E-state index contributed by atoms with van der Waals surface area (Å²) in [5.74, 6) is -0.956. The van der Waals surface area contributed by atoms with E-state index in [9.17, 15) is 14.3 Å². The molecule has 0 saturated heterocycles. The number of hydrogen-bond acceptors (Lipinski definition) is 4. The number of aromatic nitrogens is 2. The minimum atomic E-state index is -0.817. The third kappa shape index (κ3) is 2.94. The molecule has 1 saturated carbocycles. The highest BCUT2D eigenvalue weighted by molar-refractivity contribution is 5.71. The fourth-order valence-electron chi connectivity index (χ4n) is 2.87. The average molecular weight is 290 g/mol. The molecule has 21 heavy (non-hydrogen) atoms. The SMILES string of the molecule is O=C(O)C1CCCC1c1nc(Cc2cccc(F)c2)no1.